The maximum absolute atomic E-state index is 12.2. The van der Waals surface area contributed by atoms with Crippen molar-refractivity contribution in [3.8, 4) is 0 Å². The summed E-state index contributed by atoms with van der Waals surface area (Å²) >= 11 is 7.27. The van der Waals surface area contributed by atoms with Crippen molar-refractivity contribution in [2.24, 2.45) is 0 Å². The third-order valence-corrected chi connectivity index (χ3v) is 5.60. The Kier molecular flexibility index (Phi) is 6.16. The van der Waals surface area contributed by atoms with Crippen molar-refractivity contribution >= 4 is 38.1 Å². The number of benzene rings is 1. The predicted molar refractivity (Wildman–Crippen MR) is 90.8 cm³/mol. The first kappa shape index (κ1) is 17.2. The number of nitrogens with zero attached hydrogens (tertiary/aromatic N) is 2. The molecule has 120 valence electrons. The Morgan fingerprint density at radius 1 is 1.23 bits per heavy atom. The molecule has 0 amide bonds. The van der Waals surface area contributed by atoms with Crippen LogP contribution in [0.15, 0.2) is 24.3 Å². The van der Waals surface area contributed by atoms with Gasteiger partial charge < -0.3 is 0 Å². The quantitative estimate of drug-likeness (QED) is 0.726. The SMILES string of the molecule is CCCCCc1nnc(NS(=O)(=O)Cc2ccccc2Cl)s1. The molecule has 0 spiro atoms. The van der Waals surface area contributed by atoms with E-state index < -0.39 is 10.0 Å². The molecular weight excluding hydrogens is 342 g/mol. The Hall–Kier alpha value is -1.18. The van der Waals surface area contributed by atoms with Gasteiger partial charge in [0.25, 0.3) is 0 Å². The second kappa shape index (κ2) is 7.89. The van der Waals surface area contributed by atoms with Gasteiger partial charge >= 0.3 is 0 Å². The van der Waals surface area contributed by atoms with Crippen LogP contribution < -0.4 is 4.72 Å². The molecule has 0 fully saturated rings. The Labute approximate surface area is 139 Å². The van der Waals surface area contributed by atoms with Crippen LogP contribution in [0.4, 0.5) is 5.13 Å². The number of unbranched alkanes of at least 4 members (excludes halogenated alkanes) is 2. The van der Waals surface area contributed by atoms with Gasteiger partial charge in [-0.2, -0.15) is 0 Å². The second-order valence-corrected chi connectivity index (χ2v) is 8.10. The van der Waals surface area contributed by atoms with E-state index in [0.717, 1.165) is 30.7 Å². The van der Waals surface area contributed by atoms with E-state index in [-0.39, 0.29) is 5.75 Å². The van der Waals surface area contributed by atoms with Crippen LogP contribution in [-0.2, 0) is 22.2 Å². The van der Waals surface area contributed by atoms with E-state index in [1.165, 1.54) is 11.3 Å². The standard InChI is InChI=1S/C14H18ClN3O2S2/c1-2-3-4-9-13-16-17-14(21-13)18-22(19,20)10-11-7-5-6-8-12(11)15/h5-8H,2-4,9-10H2,1H3,(H,17,18). The van der Waals surface area contributed by atoms with Crippen molar-refractivity contribution in [3.63, 3.8) is 0 Å². The van der Waals surface area contributed by atoms with Gasteiger partial charge in [-0.05, 0) is 18.1 Å². The molecular formula is C14H18ClN3O2S2. The average Bonchev–Trinajstić information content (AvgIpc) is 2.88. The van der Waals surface area contributed by atoms with Crippen LogP contribution in [0.1, 0.15) is 36.8 Å². The van der Waals surface area contributed by atoms with E-state index in [2.05, 4.69) is 21.8 Å². The highest BCUT2D eigenvalue weighted by atomic mass is 35.5. The number of anilines is 1. The van der Waals surface area contributed by atoms with Crippen molar-refractivity contribution in [2.75, 3.05) is 4.72 Å². The maximum atomic E-state index is 12.2. The molecule has 0 aliphatic heterocycles. The molecule has 0 saturated carbocycles. The lowest BCUT2D eigenvalue weighted by molar-refractivity contribution is 0.600. The summed E-state index contributed by atoms with van der Waals surface area (Å²) in [6.45, 7) is 2.13. The van der Waals surface area contributed by atoms with Crippen molar-refractivity contribution in [2.45, 2.75) is 38.4 Å². The summed E-state index contributed by atoms with van der Waals surface area (Å²) < 4.78 is 26.8. The number of halogens is 1. The Balaban J connectivity index is 1.98. The molecule has 1 aromatic carbocycles. The molecule has 0 bridgehead atoms. The van der Waals surface area contributed by atoms with Gasteiger partial charge in [0.05, 0.1) is 5.75 Å². The van der Waals surface area contributed by atoms with Crippen molar-refractivity contribution < 1.29 is 8.42 Å². The molecule has 0 radical (unpaired) electrons. The summed E-state index contributed by atoms with van der Waals surface area (Å²) in [6, 6.07) is 6.88. The number of sulfonamides is 1. The molecule has 0 aliphatic rings. The number of hydrogen-bond acceptors (Lipinski definition) is 5. The van der Waals surface area contributed by atoms with Gasteiger partial charge in [-0.15, -0.1) is 10.2 Å². The van der Waals surface area contributed by atoms with Gasteiger partial charge in [-0.25, -0.2) is 8.42 Å². The molecule has 2 rings (SSSR count). The highest BCUT2D eigenvalue weighted by Gasteiger charge is 2.16. The lowest BCUT2D eigenvalue weighted by atomic mass is 10.2. The van der Waals surface area contributed by atoms with Gasteiger partial charge in [0.1, 0.15) is 5.01 Å². The Bertz CT molecular complexity index is 716. The van der Waals surface area contributed by atoms with Crippen LogP contribution in [0.25, 0.3) is 0 Å². The zero-order chi connectivity index (χ0) is 16.0. The van der Waals surface area contributed by atoms with Gasteiger partial charge in [-0.1, -0.05) is 60.9 Å². The second-order valence-electron chi connectivity index (χ2n) is 4.91. The fourth-order valence-electron chi connectivity index (χ4n) is 1.91. The first-order valence-electron chi connectivity index (χ1n) is 7.06. The number of rotatable bonds is 8. The molecule has 5 nitrogen and oxygen atoms in total. The summed E-state index contributed by atoms with van der Waals surface area (Å²) in [5.41, 5.74) is 0.560. The normalized spacial score (nSPS) is 11.5. The summed E-state index contributed by atoms with van der Waals surface area (Å²) in [5.74, 6) is -0.183. The topological polar surface area (TPSA) is 72.0 Å². The van der Waals surface area contributed by atoms with Crippen LogP contribution in [0, 0.1) is 0 Å². The van der Waals surface area contributed by atoms with Crippen molar-refractivity contribution in [3.05, 3.63) is 39.9 Å². The minimum atomic E-state index is -3.55. The molecule has 22 heavy (non-hydrogen) atoms. The highest BCUT2D eigenvalue weighted by Crippen LogP contribution is 2.22. The molecule has 8 heteroatoms. The number of aromatic nitrogens is 2. The number of hydrogen-bond donors (Lipinski definition) is 1. The maximum Gasteiger partial charge on any atom is 0.238 e. The molecule has 1 aromatic heterocycles. The van der Waals surface area contributed by atoms with Crippen LogP contribution >= 0.6 is 22.9 Å². The zero-order valence-corrected chi connectivity index (χ0v) is 14.6. The van der Waals surface area contributed by atoms with Crippen LogP contribution in [0.5, 0.6) is 0 Å². The van der Waals surface area contributed by atoms with E-state index in [1.807, 2.05) is 0 Å². The van der Waals surface area contributed by atoms with Crippen molar-refractivity contribution in [1.29, 1.82) is 0 Å². The van der Waals surface area contributed by atoms with E-state index in [4.69, 9.17) is 11.6 Å². The van der Waals surface area contributed by atoms with Crippen LogP contribution in [0.3, 0.4) is 0 Å². The highest BCUT2D eigenvalue weighted by molar-refractivity contribution is 7.92. The molecule has 0 unspecified atom stereocenters. The van der Waals surface area contributed by atoms with Crippen molar-refractivity contribution in [1.82, 2.24) is 10.2 Å². The smallest absolute Gasteiger partial charge is 0.238 e. The number of nitrogens with one attached hydrogen (secondary N) is 1. The summed E-state index contributed by atoms with van der Waals surface area (Å²) in [5, 5.41) is 9.49. The minimum Gasteiger partial charge on any atom is -0.257 e. The Morgan fingerprint density at radius 3 is 2.73 bits per heavy atom. The van der Waals surface area contributed by atoms with Gasteiger partial charge in [0, 0.05) is 11.4 Å². The van der Waals surface area contributed by atoms with Gasteiger partial charge in [-0.3, -0.25) is 4.72 Å². The average molecular weight is 360 g/mol. The third kappa shape index (κ3) is 5.23. The fraction of sp³-hybridized carbons (Fsp3) is 0.429. The van der Waals surface area contributed by atoms with Crippen LogP contribution in [-0.4, -0.2) is 18.6 Å². The van der Waals surface area contributed by atoms with E-state index in [0.29, 0.717) is 15.7 Å². The largest absolute Gasteiger partial charge is 0.257 e. The summed E-state index contributed by atoms with van der Waals surface area (Å²) in [6.07, 6.45) is 4.14. The van der Waals surface area contributed by atoms with Gasteiger partial charge in [0.15, 0.2) is 0 Å². The monoisotopic (exact) mass is 359 g/mol. The molecule has 0 aliphatic carbocycles. The van der Waals surface area contributed by atoms with Gasteiger partial charge in [0.2, 0.25) is 15.2 Å². The van der Waals surface area contributed by atoms with E-state index in [1.54, 1.807) is 24.3 Å². The fourth-order valence-corrected chi connectivity index (χ4v) is 4.41. The molecule has 0 atom stereocenters. The van der Waals surface area contributed by atoms with Crippen LogP contribution in [0.2, 0.25) is 5.02 Å². The summed E-state index contributed by atoms with van der Waals surface area (Å²) in [7, 11) is -3.55. The lowest BCUT2D eigenvalue weighted by Gasteiger charge is -2.06. The first-order chi connectivity index (χ1) is 10.5. The summed E-state index contributed by atoms with van der Waals surface area (Å²) in [4.78, 5) is 0. The molecule has 0 saturated heterocycles. The third-order valence-electron chi connectivity index (χ3n) is 3.01. The Morgan fingerprint density at radius 2 is 2.00 bits per heavy atom. The molecule has 1 heterocycles. The molecule has 1 N–H and O–H groups in total. The predicted octanol–water partition coefficient (Wildman–Crippen LogP) is 3.87. The zero-order valence-electron chi connectivity index (χ0n) is 12.3. The first-order valence-corrected chi connectivity index (χ1v) is 9.91. The molecule has 2 aromatic rings. The number of aryl methyl sites for hydroxylation is 1. The van der Waals surface area contributed by atoms with E-state index >= 15 is 0 Å². The lowest BCUT2D eigenvalue weighted by Crippen LogP contribution is -2.15. The minimum absolute atomic E-state index is 0.183. The van der Waals surface area contributed by atoms with E-state index in [9.17, 15) is 8.42 Å².